The van der Waals surface area contributed by atoms with Crippen LogP contribution in [-0.4, -0.2) is 18.7 Å². The van der Waals surface area contributed by atoms with Crippen LogP contribution in [0.2, 0.25) is 0 Å². The fourth-order valence-corrected chi connectivity index (χ4v) is 4.16. The third-order valence-corrected chi connectivity index (χ3v) is 6.12. The number of methoxy groups -OCH3 is 1. The van der Waals surface area contributed by atoms with Gasteiger partial charge >= 0.3 is 0 Å². The van der Waals surface area contributed by atoms with E-state index >= 15 is 0 Å². The number of anilines is 1. The van der Waals surface area contributed by atoms with E-state index in [1.54, 1.807) is 12.1 Å². The number of amides is 1. The topological polar surface area (TPSA) is 51.1 Å². The summed E-state index contributed by atoms with van der Waals surface area (Å²) in [6.45, 7) is 3.60. The highest BCUT2D eigenvalue weighted by Crippen LogP contribution is 2.39. The van der Waals surface area contributed by atoms with Gasteiger partial charge in [0.05, 0.1) is 22.9 Å². The maximum atomic E-state index is 14.3. The molecule has 1 aliphatic rings. The van der Waals surface area contributed by atoms with Gasteiger partial charge in [-0.2, -0.15) is 10.1 Å². The molecule has 192 valence electrons. The predicted molar refractivity (Wildman–Crippen MR) is 131 cm³/mol. The number of rotatable bonds is 6. The maximum Gasteiger partial charge on any atom is 0.280 e. The second-order valence-corrected chi connectivity index (χ2v) is 8.94. The van der Waals surface area contributed by atoms with Gasteiger partial charge in [0, 0.05) is 0 Å². The van der Waals surface area contributed by atoms with Gasteiger partial charge in [-0.05, 0) is 59.1 Å². The van der Waals surface area contributed by atoms with Crippen molar-refractivity contribution in [1.82, 2.24) is 0 Å². The van der Waals surface area contributed by atoms with E-state index in [-0.39, 0.29) is 22.9 Å². The minimum atomic E-state index is -2.33. The van der Waals surface area contributed by atoms with Gasteiger partial charge in [-0.1, -0.05) is 29.8 Å². The van der Waals surface area contributed by atoms with E-state index < -0.39 is 40.7 Å². The zero-order valence-corrected chi connectivity index (χ0v) is 21.2. The van der Waals surface area contributed by atoms with Gasteiger partial charge in [0.25, 0.3) is 5.91 Å². The molecule has 0 saturated heterocycles. The summed E-state index contributed by atoms with van der Waals surface area (Å²) in [6.07, 6.45) is 1.35. The second-order valence-electron chi connectivity index (χ2n) is 8.09. The Bertz CT molecular complexity index is 1440. The van der Waals surface area contributed by atoms with Crippen molar-refractivity contribution in [2.45, 2.75) is 20.5 Å². The average molecular weight is 581 g/mol. The SMILES string of the molecule is COc1cc(/C=C2/C(=O)N(c3c(F)c(F)c(F)c(F)c3F)N=C2C)cc(Br)c1OCc1ccc(C)cc1. The number of carbonyl (C=O) groups is 1. The first kappa shape index (κ1) is 26.3. The lowest BCUT2D eigenvalue weighted by Crippen LogP contribution is -2.25. The van der Waals surface area contributed by atoms with Crippen LogP contribution in [0.4, 0.5) is 27.6 Å². The molecule has 3 aromatic rings. The molecule has 0 aromatic heterocycles. The van der Waals surface area contributed by atoms with Crippen molar-refractivity contribution in [3.63, 3.8) is 0 Å². The number of hydrogen-bond donors (Lipinski definition) is 0. The van der Waals surface area contributed by atoms with E-state index in [1.165, 1.54) is 20.1 Å². The minimum absolute atomic E-state index is 0.00345. The quantitative estimate of drug-likeness (QED) is 0.139. The summed E-state index contributed by atoms with van der Waals surface area (Å²) in [5, 5.41) is 3.89. The maximum absolute atomic E-state index is 14.3. The van der Waals surface area contributed by atoms with Crippen molar-refractivity contribution in [2.75, 3.05) is 12.1 Å². The molecule has 0 N–H and O–H groups in total. The molecule has 1 aliphatic heterocycles. The molecule has 1 heterocycles. The van der Waals surface area contributed by atoms with E-state index in [4.69, 9.17) is 9.47 Å². The molecule has 11 heteroatoms. The van der Waals surface area contributed by atoms with E-state index in [0.717, 1.165) is 11.1 Å². The van der Waals surface area contributed by atoms with Crippen LogP contribution in [0, 0.1) is 36.0 Å². The van der Waals surface area contributed by atoms with Crippen molar-refractivity contribution >= 4 is 39.3 Å². The normalized spacial score (nSPS) is 14.4. The van der Waals surface area contributed by atoms with Crippen molar-refractivity contribution in [2.24, 2.45) is 5.10 Å². The van der Waals surface area contributed by atoms with Gasteiger partial charge in [-0.25, -0.2) is 22.0 Å². The first-order chi connectivity index (χ1) is 17.5. The Balaban J connectivity index is 1.65. The lowest BCUT2D eigenvalue weighted by Gasteiger charge is -2.15. The van der Waals surface area contributed by atoms with Crippen LogP contribution in [0.25, 0.3) is 6.08 Å². The van der Waals surface area contributed by atoms with Crippen LogP contribution in [0.15, 0.2) is 51.5 Å². The van der Waals surface area contributed by atoms with E-state index in [0.29, 0.717) is 21.5 Å². The third kappa shape index (κ3) is 4.95. The van der Waals surface area contributed by atoms with Gasteiger partial charge in [0.2, 0.25) is 5.82 Å². The van der Waals surface area contributed by atoms with Gasteiger partial charge in [-0.3, -0.25) is 4.79 Å². The zero-order chi connectivity index (χ0) is 27.0. The number of benzene rings is 3. The van der Waals surface area contributed by atoms with Crippen molar-refractivity contribution in [3.05, 3.63) is 92.2 Å². The Morgan fingerprint density at radius 2 is 1.54 bits per heavy atom. The monoisotopic (exact) mass is 580 g/mol. The molecule has 37 heavy (non-hydrogen) atoms. The van der Waals surface area contributed by atoms with Crippen molar-refractivity contribution in [1.29, 1.82) is 0 Å². The lowest BCUT2D eigenvalue weighted by atomic mass is 10.1. The Morgan fingerprint density at radius 3 is 2.14 bits per heavy atom. The number of ether oxygens (including phenoxy) is 2. The Morgan fingerprint density at radius 1 is 0.946 bits per heavy atom. The standard InChI is InChI=1S/C26H18BrF5N2O3/c1-12-4-6-14(7-5-12)11-37-25-17(27)9-15(10-18(25)36-3)8-16-13(2)33-34(26(16)35)24-22(31)20(29)19(28)21(30)23(24)32/h4-10H,11H2,1-3H3/b16-8+. The van der Waals surface area contributed by atoms with E-state index in [9.17, 15) is 26.7 Å². The Labute approximate surface area is 216 Å². The van der Waals surface area contributed by atoms with Crippen LogP contribution in [0.3, 0.4) is 0 Å². The van der Waals surface area contributed by atoms with Crippen LogP contribution < -0.4 is 14.5 Å². The summed E-state index contributed by atoms with van der Waals surface area (Å²) in [4.78, 5) is 12.9. The van der Waals surface area contributed by atoms with Gasteiger partial charge in [-0.15, -0.1) is 0 Å². The van der Waals surface area contributed by atoms with E-state index in [1.807, 2.05) is 31.2 Å². The number of hydrazone groups is 1. The van der Waals surface area contributed by atoms with Gasteiger partial charge in [0.15, 0.2) is 34.8 Å². The summed E-state index contributed by atoms with van der Waals surface area (Å²) in [6, 6.07) is 10.9. The molecule has 4 rings (SSSR count). The highest BCUT2D eigenvalue weighted by atomic mass is 79.9. The van der Waals surface area contributed by atoms with Crippen LogP contribution >= 0.6 is 15.9 Å². The van der Waals surface area contributed by atoms with Gasteiger partial charge < -0.3 is 9.47 Å². The molecule has 5 nitrogen and oxygen atoms in total. The highest BCUT2D eigenvalue weighted by molar-refractivity contribution is 9.10. The van der Waals surface area contributed by atoms with Crippen LogP contribution in [-0.2, 0) is 11.4 Å². The molecule has 0 aliphatic carbocycles. The lowest BCUT2D eigenvalue weighted by molar-refractivity contribution is -0.114. The minimum Gasteiger partial charge on any atom is -0.493 e. The highest BCUT2D eigenvalue weighted by Gasteiger charge is 2.37. The molecule has 0 bridgehead atoms. The molecule has 3 aromatic carbocycles. The van der Waals surface area contributed by atoms with Crippen LogP contribution in [0.1, 0.15) is 23.6 Å². The van der Waals surface area contributed by atoms with Crippen molar-refractivity contribution < 1.29 is 36.2 Å². The van der Waals surface area contributed by atoms with E-state index in [2.05, 4.69) is 21.0 Å². The first-order valence-electron chi connectivity index (χ1n) is 10.7. The molecular formula is C26H18BrF5N2O3. The number of aryl methyl sites for hydroxylation is 1. The Hall–Kier alpha value is -3.73. The van der Waals surface area contributed by atoms with Crippen LogP contribution in [0.5, 0.6) is 11.5 Å². The number of carbonyl (C=O) groups excluding carboxylic acids is 1. The fourth-order valence-electron chi connectivity index (χ4n) is 3.58. The van der Waals surface area contributed by atoms with Crippen molar-refractivity contribution in [3.8, 4) is 11.5 Å². The average Bonchev–Trinajstić information content (AvgIpc) is 3.14. The number of nitrogens with zero attached hydrogens (tertiary/aromatic N) is 2. The van der Waals surface area contributed by atoms with Gasteiger partial charge in [0.1, 0.15) is 12.3 Å². The molecule has 1 amide bonds. The first-order valence-corrected chi connectivity index (χ1v) is 11.5. The predicted octanol–water partition coefficient (Wildman–Crippen LogP) is 6.85. The largest absolute Gasteiger partial charge is 0.493 e. The zero-order valence-electron chi connectivity index (χ0n) is 19.6. The molecule has 0 atom stereocenters. The second kappa shape index (κ2) is 10.3. The smallest absolute Gasteiger partial charge is 0.280 e. The molecule has 0 spiro atoms. The summed E-state index contributed by atoms with van der Waals surface area (Å²) in [7, 11) is 1.43. The molecule has 0 fully saturated rings. The number of halogens is 6. The Kier molecular flexibility index (Phi) is 7.35. The molecule has 0 radical (unpaired) electrons. The summed E-state index contributed by atoms with van der Waals surface area (Å²) in [5.74, 6) is -11.4. The summed E-state index contributed by atoms with van der Waals surface area (Å²) >= 11 is 3.42. The molecule has 0 saturated carbocycles. The fraction of sp³-hybridized carbons (Fsp3) is 0.154. The molecular weight excluding hydrogens is 563 g/mol. The molecule has 0 unspecified atom stereocenters. The third-order valence-electron chi connectivity index (χ3n) is 5.53. The summed E-state index contributed by atoms with van der Waals surface area (Å²) in [5.41, 5.74) is 0.891. The number of hydrogen-bond acceptors (Lipinski definition) is 4. The summed E-state index contributed by atoms with van der Waals surface area (Å²) < 4.78 is 81.2.